The van der Waals surface area contributed by atoms with Gasteiger partial charge in [-0.3, -0.25) is 4.57 Å². The van der Waals surface area contributed by atoms with Gasteiger partial charge in [-0.1, -0.05) is 48.9 Å². The Hall–Kier alpha value is -2.42. The number of fused-ring (bicyclic) bond motifs is 3. The van der Waals surface area contributed by atoms with E-state index < -0.39 is 0 Å². The van der Waals surface area contributed by atoms with E-state index in [9.17, 15) is 0 Å². The number of aromatic nitrogens is 3. The largest absolute Gasteiger partial charge is 0.308 e. The van der Waals surface area contributed by atoms with Gasteiger partial charge >= 0.3 is 6.33 Å². The number of rotatable bonds is 2. The molecule has 0 atom stereocenters. The number of nitrogens with zero attached hydrogens (tertiary/aromatic N) is 3. The molecule has 140 valence electrons. The Morgan fingerprint density at radius 2 is 1.67 bits per heavy atom. The first kappa shape index (κ1) is 22.3. The third-order valence-corrected chi connectivity index (χ3v) is 5.23. The van der Waals surface area contributed by atoms with Crippen LogP contribution in [0.2, 0.25) is 0 Å². The van der Waals surface area contributed by atoms with E-state index in [1.165, 1.54) is 21.5 Å². The molecule has 5 rings (SSSR count). The van der Waals surface area contributed by atoms with Crippen LogP contribution in [0.25, 0.3) is 43.9 Å². The molecule has 5 heteroatoms. The van der Waals surface area contributed by atoms with Crippen LogP contribution in [-0.2, 0) is 39.8 Å². The predicted octanol–water partition coefficient (Wildman–Crippen LogP) is 4.47. The van der Waals surface area contributed by atoms with Crippen LogP contribution in [0.1, 0.15) is 5.56 Å². The summed E-state index contributed by atoms with van der Waals surface area (Å²) in [5.41, 5.74) is 5.22. The van der Waals surface area contributed by atoms with Gasteiger partial charge in [0.15, 0.2) is 0 Å². The average molecular weight is 460 g/mol. The molecule has 0 aliphatic rings. The van der Waals surface area contributed by atoms with Crippen LogP contribution < -0.4 is 4.57 Å². The smallest absolute Gasteiger partial charge is 0.262 e. The molecule has 5 aromatic rings. The zero-order chi connectivity index (χ0) is 19.1. The summed E-state index contributed by atoms with van der Waals surface area (Å²) in [6.45, 7) is 2.09. The average Bonchev–Trinajstić information content (AvgIpc) is 2.74. The van der Waals surface area contributed by atoms with E-state index in [0.717, 1.165) is 27.9 Å². The van der Waals surface area contributed by atoms with E-state index in [4.69, 9.17) is 0 Å². The molecule has 0 fully saturated rings. The monoisotopic (exact) mass is 460 g/mol. The summed E-state index contributed by atoms with van der Waals surface area (Å²) < 4.78 is 1.97. The molecule has 0 unspecified atom stereocenters. The summed E-state index contributed by atoms with van der Waals surface area (Å²) >= 11 is 0. The number of hydrogen-bond donors (Lipinski definition) is 0. The molecule has 1 heterocycles. The van der Waals surface area contributed by atoms with Gasteiger partial charge < -0.3 is 0 Å². The summed E-state index contributed by atoms with van der Waals surface area (Å²) in [6, 6.07) is 28.3. The van der Waals surface area contributed by atoms with Gasteiger partial charge in [0.25, 0.3) is 0 Å². The SMILES string of the molecule is Cc1ccc(-c2[c-]cc3ccc4ccccc4c3c2)[c-]c1-c1cnnc[n+]1C.[B].[Y]. The first-order valence-electron chi connectivity index (χ1n) is 9.24. The summed E-state index contributed by atoms with van der Waals surface area (Å²) in [4.78, 5) is 0. The summed E-state index contributed by atoms with van der Waals surface area (Å²) in [5, 5.41) is 12.9. The first-order valence-corrected chi connectivity index (χ1v) is 9.24. The zero-order valence-corrected chi connectivity index (χ0v) is 19.8. The molecule has 0 saturated heterocycles. The Morgan fingerprint density at radius 1 is 0.867 bits per heavy atom. The van der Waals surface area contributed by atoms with Crippen LogP contribution in [0, 0.1) is 19.1 Å². The van der Waals surface area contributed by atoms with Crippen molar-refractivity contribution in [1.29, 1.82) is 0 Å². The minimum Gasteiger partial charge on any atom is -0.262 e. The van der Waals surface area contributed by atoms with Crippen molar-refractivity contribution in [2.45, 2.75) is 6.92 Å². The second-order valence-electron chi connectivity index (χ2n) is 7.04. The van der Waals surface area contributed by atoms with Gasteiger partial charge in [0.2, 0.25) is 0 Å². The molecule has 0 amide bonds. The molecule has 0 saturated carbocycles. The molecule has 4 radical (unpaired) electrons. The van der Waals surface area contributed by atoms with Crippen LogP contribution in [0.3, 0.4) is 0 Å². The predicted molar refractivity (Wildman–Crippen MR) is 117 cm³/mol. The van der Waals surface area contributed by atoms with Gasteiger partial charge in [0.05, 0.1) is 24.0 Å². The van der Waals surface area contributed by atoms with Crippen LogP contribution >= 0.6 is 0 Å². The summed E-state index contributed by atoms with van der Waals surface area (Å²) in [5.74, 6) is 0. The van der Waals surface area contributed by atoms with Gasteiger partial charge in [0.1, 0.15) is 0 Å². The van der Waals surface area contributed by atoms with Crippen LogP contribution in [-0.4, -0.2) is 18.6 Å². The Labute approximate surface area is 203 Å². The molecule has 0 aliphatic heterocycles. The Balaban J connectivity index is 0.00000128. The van der Waals surface area contributed by atoms with E-state index in [1.54, 1.807) is 12.5 Å². The molecular weight excluding hydrogens is 442 g/mol. The fourth-order valence-corrected chi connectivity index (χ4v) is 3.68. The van der Waals surface area contributed by atoms with Crippen molar-refractivity contribution in [3.05, 3.63) is 90.9 Å². The maximum Gasteiger partial charge on any atom is 0.308 e. The van der Waals surface area contributed by atoms with E-state index in [1.807, 2.05) is 11.6 Å². The normalized spacial score (nSPS) is 10.5. The minimum absolute atomic E-state index is 0. The molecule has 30 heavy (non-hydrogen) atoms. The van der Waals surface area contributed by atoms with E-state index in [-0.39, 0.29) is 41.1 Å². The standard InChI is InChI=1S/C25H18N3.B.Y/c1-17-7-8-20(13-23(17)25-15-26-27-16-28(25)2)21-12-11-19-10-9-18-5-3-4-6-22(18)24(19)14-21;;/h3-11,14-16H,1-2H3;;/q-1;;. The molecule has 0 spiro atoms. The Bertz CT molecular complexity index is 1350. The van der Waals surface area contributed by atoms with Gasteiger partial charge in [0, 0.05) is 41.1 Å². The van der Waals surface area contributed by atoms with E-state index >= 15 is 0 Å². The van der Waals surface area contributed by atoms with E-state index in [2.05, 4.69) is 89.9 Å². The summed E-state index contributed by atoms with van der Waals surface area (Å²) in [7, 11) is 1.97. The molecule has 3 nitrogen and oxygen atoms in total. The van der Waals surface area contributed by atoms with Crippen LogP contribution in [0.5, 0.6) is 0 Å². The maximum atomic E-state index is 4.04. The molecule has 0 N–H and O–H groups in total. The summed E-state index contributed by atoms with van der Waals surface area (Å²) in [6.07, 6.45) is 3.49. The van der Waals surface area contributed by atoms with E-state index in [0.29, 0.717) is 0 Å². The molecule has 4 aromatic carbocycles. The number of hydrogen-bond acceptors (Lipinski definition) is 2. The number of benzene rings is 4. The first-order chi connectivity index (χ1) is 13.7. The fourth-order valence-electron chi connectivity index (χ4n) is 3.68. The molecule has 0 bridgehead atoms. The Kier molecular flexibility index (Phi) is 6.80. The molecular formula is C25H18BN3Y-. The van der Waals surface area contributed by atoms with Crippen molar-refractivity contribution < 1.29 is 37.3 Å². The number of aryl methyl sites for hydroxylation is 2. The maximum absolute atomic E-state index is 4.04. The topological polar surface area (TPSA) is 29.7 Å². The van der Waals surface area contributed by atoms with Crippen LogP contribution in [0.4, 0.5) is 0 Å². The fraction of sp³-hybridized carbons (Fsp3) is 0.0800. The van der Waals surface area contributed by atoms with Gasteiger partial charge in [-0.25, -0.2) is 5.56 Å². The van der Waals surface area contributed by atoms with Crippen molar-refractivity contribution in [3.63, 3.8) is 0 Å². The van der Waals surface area contributed by atoms with Gasteiger partial charge in [-0.15, -0.1) is 28.5 Å². The third kappa shape index (κ3) is 3.95. The Morgan fingerprint density at radius 3 is 2.50 bits per heavy atom. The second-order valence-corrected chi connectivity index (χ2v) is 7.04. The van der Waals surface area contributed by atoms with Crippen molar-refractivity contribution in [2.24, 2.45) is 7.05 Å². The quantitative estimate of drug-likeness (QED) is 0.169. The molecule has 0 aliphatic carbocycles. The molecule has 1 aromatic heterocycles. The zero-order valence-electron chi connectivity index (χ0n) is 16.9. The van der Waals surface area contributed by atoms with Gasteiger partial charge in [-0.2, -0.15) is 29.8 Å². The van der Waals surface area contributed by atoms with Crippen molar-refractivity contribution in [1.82, 2.24) is 10.2 Å². The van der Waals surface area contributed by atoms with Gasteiger partial charge in [-0.05, 0) is 15.9 Å². The third-order valence-electron chi connectivity index (χ3n) is 5.23. The van der Waals surface area contributed by atoms with Crippen molar-refractivity contribution >= 4 is 30.0 Å². The van der Waals surface area contributed by atoms with Crippen molar-refractivity contribution in [2.75, 3.05) is 0 Å². The van der Waals surface area contributed by atoms with Crippen LogP contribution in [0.15, 0.2) is 73.2 Å². The van der Waals surface area contributed by atoms with Crippen molar-refractivity contribution in [3.8, 4) is 22.4 Å². The second kappa shape index (κ2) is 9.16. The minimum atomic E-state index is 0.